The van der Waals surface area contributed by atoms with Crippen LogP contribution in [0, 0.1) is 5.82 Å². The molecule has 0 fully saturated rings. The first-order chi connectivity index (χ1) is 10.2. The number of nitrogen functional groups attached to an aromatic ring is 1. The zero-order valence-corrected chi connectivity index (χ0v) is 12.6. The predicted molar refractivity (Wildman–Crippen MR) is 77.2 cm³/mol. The van der Waals surface area contributed by atoms with Gasteiger partial charge in [0.2, 0.25) is 0 Å². The number of allylic oxidation sites excluding steroid dienone is 4. The minimum atomic E-state index is -2.65. The van der Waals surface area contributed by atoms with Crippen LogP contribution >= 0.6 is 23.2 Å². The highest BCUT2D eigenvalue weighted by molar-refractivity contribution is 6.35. The number of methoxy groups -OCH3 is 1. The van der Waals surface area contributed by atoms with Gasteiger partial charge in [-0.15, -0.1) is 0 Å². The number of aromatic nitrogens is 1. The molecular formula is C13H10Cl2F2N2O3. The van der Waals surface area contributed by atoms with Crippen molar-refractivity contribution in [3.63, 3.8) is 0 Å². The van der Waals surface area contributed by atoms with Crippen LogP contribution in [0.2, 0.25) is 5.02 Å². The molecule has 1 aliphatic carbocycles. The van der Waals surface area contributed by atoms with E-state index in [4.69, 9.17) is 38.8 Å². The number of anilines is 1. The van der Waals surface area contributed by atoms with E-state index >= 15 is 0 Å². The molecule has 9 heteroatoms. The topological polar surface area (TPSA) is 85.4 Å². The van der Waals surface area contributed by atoms with Crippen molar-refractivity contribution >= 4 is 34.9 Å². The van der Waals surface area contributed by atoms with Crippen molar-refractivity contribution in [3.8, 4) is 0 Å². The summed E-state index contributed by atoms with van der Waals surface area (Å²) in [5.74, 6) is -4.37. The number of carbonyl (C=O) groups is 1. The minimum absolute atomic E-state index is 0.270. The average Bonchev–Trinajstić information content (AvgIpc) is 2.45. The van der Waals surface area contributed by atoms with Gasteiger partial charge in [-0.05, 0) is 6.08 Å². The molecule has 2 unspecified atom stereocenters. The van der Waals surface area contributed by atoms with E-state index in [2.05, 4.69) is 4.98 Å². The first kappa shape index (κ1) is 16.5. The van der Waals surface area contributed by atoms with Gasteiger partial charge in [-0.3, -0.25) is 0 Å². The maximum Gasteiger partial charge on any atom is 0.356 e. The average molecular weight is 351 g/mol. The molecule has 2 rings (SSSR count). The largest absolute Gasteiger partial charge is 0.496 e. The molecule has 3 N–H and O–H groups in total. The quantitative estimate of drug-likeness (QED) is 0.817. The molecule has 2 atom stereocenters. The minimum Gasteiger partial charge on any atom is -0.496 e. The number of halogens is 4. The summed E-state index contributed by atoms with van der Waals surface area (Å²) in [6, 6.07) is 0. The van der Waals surface area contributed by atoms with Gasteiger partial charge in [-0.2, -0.15) is 0 Å². The number of hydrogen-bond acceptors (Lipinski definition) is 4. The van der Waals surface area contributed by atoms with Gasteiger partial charge in [0, 0.05) is 0 Å². The van der Waals surface area contributed by atoms with E-state index in [1.807, 2.05) is 0 Å². The smallest absolute Gasteiger partial charge is 0.356 e. The SMILES string of the molecule is COC1=CC=CC(c2nc(C(=O)O)c(Cl)c(N)c2F)C1(F)Cl. The van der Waals surface area contributed by atoms with Crippen LogP contribution in [0.15, 0.2) is 24.0 Å². The number of rotatable bonds is 3. The summed E-state index contributed by atoms with van der Waals surface area (Å²) in [6.45, 7) is 0. The number of carboxylic acids is 1. The van der Waals surface area contributed by atoms with E-state index in [9.17, 15) is 13.6 Å². The zero-order chi connectivity index (χ0) is 16.7. The van der Waals surface area contributed by atoms with Crippen LogP contribution in [0.4, 0.5) is 14.5 Å². The summed E-state index contributed by atoms with van der Waals surface area (Å²) in [5.41, 5.74) is 3.53. The van der Waals surface area contributed by atoms with Crippen LogP contribution in [0.1, 0.15) is 22.1 Å². The molecule has 1 heterocycles. The Morgan fingerprint density at radius 1 is 1.59 bits per heavy atom. The fourth-order valence-corrected chi connectivity index (χ4v) is 2.56. The Kier molecular flexibility index (Phi) is 4.30. The second-order valence-electron chi connectivity index (χ2n) is 4.41. The standard InChI is InChI=1S/C13H10Cl2F2N2O3/c1-22-6-4-2-3-5(13(6,15)17)10-8(16)9(18)7(14)11(19-10)12(20)21/h2-5H,1H3,(H2,18,19)(H,20,21). The van der Waals surface area contributed by atoms with Crippen LogP contribution in [-0.4, -0.2) is 28.3 Å². The summed E-state index contributed by atoms with van der Waals surface area (Å²) in [4.78, 5) is 14.7. The molecule has 0 spiro atoms. The maximum absolute atomic E-state index is 14.7. The monoisotopic (exact) mass is 350 g/mol. The van der Waals surface area contributed by atoms with E-state index < -0.39 is 44.9 Å². The second kappa shape index (κ2) is 5.73. The molecule has 22 heavy (non-hydrogen) atoms. The van der Waals surface area contributed by atoms with Crippen LogP contribution in [0.25, 0.3) is 0 Å². The highest BCUT2D eigenvalue weighted by Crippen LogP contribution is 2.46. The van der Waals surface area contributed by atoms with Gasteiger partial charge in [0.25, 0.3) is 5.13 Å². The Morgan fingerprint density at radius 3 is 2.77 bits per heavy atom. The summed E-state index contributed by atoms with van der Waals surface area (Å²) < 4.78 is 33.8. The van der Waals surface area contributed by atoms with Gasteiger partial charge >= 0.3 is 5.97 Å². The third-order valence-electron chi connectivity index (χ3n) is 3.13. The summed E-state index contributed by atoms with van der Waals surface area (Å²) in [7, 11) is 1.20. The first-order valence-corrected chi connectivity index (χ1v) is 6.65. The summed E-state index contributed by atoms with van der Waals surface area (Å²) in [6.07, 6.45) is 3.87. The van der Waals surface area contributed by atoms with Crippen molar-refractivity contribution in [2.45, 2.75) is 11.0 Å². The molecule has 0 aromatic carbocycles. The predicted octanol–water partition coefficient (Wildman–Crippen LogP) is 3.24. The first-order valence-electron chi connectivity index (χ1n) is 5.90. The highest BCUT2D eigenvalue weighted by atomic mass is 35.5. The van der Waals surface area contributed by atoms with Crippen LogP contribution in [-0.2, 0) is 4.74 Å². The molecule has 1 aromatic heterocycles. The van der Waals surface area contributed by atoms with Gasteiger partial charge in [0.05, 0.1) is 29.4 Å². The van der Waals surface area contributed by atoms with Gasteiger partial charge in [-0.1, -0.05) is 35.4 Å². The van der Waals surface area contributed by atoms with Crippen molar-refractivity contribution in [1.29, 1.82) is 0 Å². The molecule has 0 saturated heterocycles. The zero-order valence-electron chi connectivity index (χ0n) is 11.1. The third kappa shape index (κ3) is 2.50. The molecule has 1 aromatic rings. The van der Waals surface area contributed by atoms with Gasteiger partial charge in [-0.25, -0.2) is 18.6 Å². The number of hydrogen-bond donors (Lipinski definition) is 2. The van der Waals surface area contributed by atoms with E-state index in [-0.39, 0.29) is 5.76 Å². The van der Waals surface area contributed by atoms with Crippen LogP contribution in [0.3, 0.4) is 0 Å². The van der Waals surface area contributed by atoms with Crippen molar-refractivity contribution in [1.82, 2.24) is 4.98 Å². The number of ether oxygens (including phenoxy) is 1. The fraction of sp³-hybridized carbons (Fsp3) is 0.231. The number of carboxylic acid groups (broad SMARTS) is 1. The molecule has 0 saturated carbocycles. The van der Waals surface area contributed by atoms with Gasteiger partial charge in [0.1, 0.15) is 5.76 Å². The van der Waals surface area contributed by atoms with E-state index in [0.29, 0.717) is 0 Å². The number of nitrogens with zero attached hydrogens (tertiary/aromatic N) is 1. The lowest BCUT2D eigenvalue weighted by atomic mass is 9.92. The van der Waals surface area contributed by atoms with Crippen LogP contribution in [0.5, 0.6) is 0 Å². The Morgan fingerprint density at radius 2 is 2.23 bits per heavy atom. The normalized spacial score (nSPS) is 24.0. The molecular weight excluding hydrogens is 341 g/mol. The van der Waals surface area contributed by atoms with Crippen molar-refractivity contribution in [2.75, 3.05) is 12.8 Å². The van der Waals surface area contributed by atoms with Crippen molar-refractivity contribution in [3.05, 3.63) is 46.2 Å². The lowest BCUT2D eigenvalue weighted by Gasteiger charge is -2.29. The summed E-state index contributed by atoms with van der Waals surface area (Å²) in [5, 5.41) is 5.82. The Labute approximate surface area is 134 Å². The van der Waals surface area contributed by atoms with E-state index in [1.165, 1.54) is 25.3 Å². The molecule has 5 nitrogen and oxygen atoms in total. The van der Waals surface area contributed by atoms with Gasteiger partial charge in [0.15, 0.2) is 11.5 Å². The number of nitrogens with two attached hydrogens (primary N) is 1. The fourth-order valence-electron chi connectivity index (χ4n) is 2.03. The molecule has 0 bridgehead atoms. The second-order valence-corrected chi connectivity index (χ2v) is 5.34. The number of alkyl halides is 2. The third-order valence-corrected chi connectivity index (χ3v) is 3.93. The van der Waals surface area contributed by atoms with Crippen LogP contribution < -0.4 is 5.73 Å². The Hall–Kier alpha value is -1.86. The Bertz CT molecular complexity index is 705. The number of aromatic carboxylic acids is 1. The lowest BCUT2D eigenvalue weighted by molar-refractivity contribution is 0.0689. The van der Waals surface area contributed by atoms with E-state index in [1.54, 1.807) is 0 Å². The maximum atomic E-state index is 14.7. The molecule has 0 aliphatic heterocycles. The molecule has 118 valence electrons. The molecule has 1 aliphatic rings. The molecule has 0 amide bonds. The summed E-state index contributed by atoms with van der Waals surface area (Å²) >= 11 is 11.4. The van der Waals surface area contributed by atoms with E-state index in [0.717, 1.165) is 0 Å². The lowest BCUT2D eigenvalue weighted by Crippen LogP contribution is -2.31. The van der Waals surface area contributed by atoms with Gasteiger partial charge < -0.3 is 15.6 Å². The Balaban J connectivity index is 2.66. The van der Waals surface area contributed by atoms with Crippen molar-refractivity contribution < 1.29 is 23.4 Å². The number of pyridine rings is 1. The van der Waals surface area contributed by atoms with Crippen molar-refractivity contribution in [2.24, 2.45) is 0 Å². The highest BCUT2D eigenvalue weighted by Gasteiger charge is 2.46. The molecule has 0 radical (unpaired) electrons.